The second-order valence-corrected chi connectivity index (χ2v) is 10.9. The van der Waals surface area contributed by atoms with Crippen molar-refractivity contribution >= 4 is 28.6 Å². The number of ketones is 2. The van der Waals surface area contributed by atoms with Gasteiger partial charge < -0.3 is 19.1 Å². The summed E-state index contributed by atoms with van der Waals surface area (Å²) in [5.74, 6) is 0.858. The number of aromatic nitrogens is 2. The van der Waals surface area contributed by atoms with Crippen LogP contribution in [0, 0.1) is 6.92 Å². The molecule has 0 aliphatic carbocycles. The summed E-state index contributed by atoms with van der Waals surface area (Å²) in [6.07, 6.45) is 0.291. The molecule has 0 amide bonds. The van der Waals surface area contributed by atoms with Crippen LogP contribution in [-0.4, -0.2) is 67.5 Å². The lowest BCUT2D eigenvalue weighted by Crippen LogP contribution is -2.24. The predicted octanol–water partition coefficient (Wildman–Crippen LogP) is 5.28. The number of pyridine rings is 1. The topological polar surface area (TPSA) is 90.8 Å². The number of hydrogen-bond donors (Lipinski definition) is 0. The van der Waals surface area contributed by atoms with Crippen molar-refractivity contribution in [1.82, 2.24) is 9.97 Å². The zero-order chi connectivity index (χ0) is 28.6. The van der Waals surface area contributed by atoms with Crippen LogP contribution < -0.4 is 14.4 Å². The van der Waals surface area contributed by atoms with Crippen molar-refractivity contribution in [2.45, 2.75) is 51.6 Å². The number of carbonyl (C=O) groups excluding carboxylic acids is 2. The van der Waals surface area contributed by atoms with Gasteiger partial charge in [0.2, 0.25) is 5.88 Å². The quantitative estimate of drug-likeness (QED) is 0.241. The van der Waals surface area contributed by atoms with E-state index in [1.54, 1.807) is 19.2 Å². The number of methoxy groups -OCH3 is 1. The first-order valence-corrected chi connectivity index (χ1v) is 13.9. The zero-order valence-electron chi connectivity index (χ0n) is 22.8. The Morgan fingerprint density at radius 1 is 1.20 bits per heavy atom. The van der Waals surface area contributed by atoms with Crippen LogP contribution in [0.15, 0.2) is 42.6 Å². The Morgan fingerprint density at radius 3 is 2.70 bits per heavy atom. The number of hydrogen-bond acceptors (Lipinski definition) is 9. The SMILES string of the molecule is COCC(=O)Cc1nc(C)c(C(=O)C[C@@H](C)c2ccc(OC3CCN(c4ccnc(OCC(F)F)c4)C3)cc2)s1. The maximum absolute atomic E-state index is 13.0. The highest BCUT2D eigenvalue weighted by molar-refractivity contribution is 7.14. The standard InChI is InChI=1S/C29H33F2N3O5S/c1-18(12-25(36)29-19(2)33-28(40-29)14-22(35)16-37-3)20-4-6-23(7-5-20)39-24-9-11-34(15-24)21-8-10-32-27(13-21)38-17-26(30)31/h4-8,10,13,18,24,26H,9,11-12,14-17H2,1-3H3/t18-,24?/m1/s1. The van der Waals surface area contributed by atoms with Crippen LogP contribution in [0.4, 0.5) is 14.5 Å². The molecular formula is C29H33F2N3O5S. The van der Waals surface area contributed by atoms with E-state index in [2.05, 4.69) is 14.9 Å². The number of benzene rings is 1. The van der Waals surface area contributed by atoms with E-state index >= 15 is 0 Å². The highest BCUT2D eigenvalue weighted by atomic mass is 32.1. The summed E-state index contributed by atoms with van der Waals surface area (Å²) in [4.78, 5) is 36.0. The zero-order valence-corrected chi connectivity index (χ0v) is 23.6. The second-order valence-electron chi connectivity index (χ2n) is 9.80. The van der Waals surface area contributed by atoms with Gasteiger partial charge in [-0.1, -0.05) is 19.1 Å². The molecule has 11 heteroatoms. The molecule has 3 aromatic rings. The van der Waals surface area contributed by atoms with Crippen LogP contribution in [0.1, 0.15) is 51.6 Å². The first kappa shape index (κ1) is 29.5. The van der Waals surface area contributed by atoms with Crippen molar-refractivity contribution in [2.24, 2.45) is 0 Å². The number of carbonyl (C=O) groups is 2. The van der Waals surface area contributed by atoms with Gasteiger partial charge in [-0.25, -0.2) is 18.7 Å². The molecule has 4 rings (SSSR count). The second kappa shape index (κ2) is 13.8. The van der Waals surface area contributed by atoms with Gasteiger partial charge >= 0.3 is 0 Å². The lowest BCUT2D eigenvalue weighted by molar-refractivity contribution is -0.121. The van der Waals surface area contributed by atoms with Crippen LogP contribution in [0.3, 0.4) is 0 Å². The number of nitrogens with zero attached hydrogens (tertiary/aromatic N) is 3. The molecule has 2 atom stereocenters. The van der Waals surface area contributed by atoms with Crippen LogP contribution in [-0.2, 0) is 16.0 Å². The van der Waals surface area contributed by atoms with Gasteiger partial charge in [-0.3, -0.25) is 9.59 Å². The Hall–Kier alpha value is -3.44. The molecule has 0 spiro atoms. The minimum absolute atomic E-state index is 0.00299. The van der Waals surface area contributed by atoms with Gasteiger partial charge in [0, 0.05) is 44.4 Å². The summed E-state index contributed by atoms with van der Waals surface area (Å²) >= 11 is 1.28. The predicted molar refractivity (Wildman–Crippen MR) is 148 cm³/mol. The van der Waals surface area contributed by atoms with E-state index in [0.717, 1.165) is 30.0 Å². The Kier molecular flexibility index (Phi) is 10.2. The van der Waals surface area contributed by atoms with E-state index < -0.39 is 13.0 Å². The van der Waals surface area contributed by atoms with E-state index in [-0.39, 0.29) is 42.5 Å². The molecule has 0 saturated carbocycles. The molecule has 1 saturated heterocycles. The largest absolute Gasteiger partial charge is 0.489 e. The minimum atomic E-state index is -2.55. The third kappa shape index (κ3) is 8.04. The van der Waals surface area contributed by atoms with Crippen molar-refractivity contribution < 1.29 is 32.6 Å². The molecule has 1 fully saturated rings. The minimum Gasteiger partial charge on any atom is -0.489 e. The summed E-state index contributed by atoms with van der Waals surface area (Å²) in [7, 11) is 1.47. The van der Waals surface area contributed by atoms with Gasteiger partial charge in [0.25, 0.3) is 6.43 Å². The number of aryl methyl sites for hydroxylation is 1. The first-order chi connectivity index (χ1) is 19.2. The van der Waals surface area contributed by atoms with Gasteiger partial charge in [0.1, 0.15) is 23.5 Å². The Labute approximate surface area is 236 Å². The van der Waals surface area contributed by atoms with E-state index in [9.17, 15) is 18.4 Å². The smallest absolute Gasteiger partial charge is 0.272 e. The fourth-order valence-electron chi connectivity index (χ4n) is 4.61. The lowest BCUT2D eigenvalue weighted by atomic mass is 9.95. The number of alkyl halides is 2. The van der Waals surface area contributed by atoms with Crippen LogP contribution in [0.2, 0.25) is 0 Å². The monoisotopic (exact) mass is 573 g/mol. The number of Topliss-reactive ketones (excluding diaryl/α,β-unsaturated/α-hetero) is 2. The van der Waals surface area contributed by atoms with Crippen molar-refractivity contribution in [3.8, 4) is 11.6 Å². The van der Waals surface area contributed by atoms with E-state index in [1.165, 1.54) is 18.4 Å². The van der Waals surface area contributed by atoms with Gasteiger partial charge in [-0.05, 0) is 36.6 Å². The average Bonchev–Trinajstić information content (AvgIpc) is 3.54. The third-order valence-corrected chi connectivity index (χ3v) is 7.78. The molecule has 3 heterocycles. The Bertz CT molecular complexity index is 1300. The van der Waals surface area contributed by atoms with E-state index in [1.807, 2.05) is 37.3 Å². The molecule has 8 nitrogen and oxygen atoms in total. The number of ether oxygens (including phenoxy) is 3. The van der Waals surface area contributed by atoms with Gasteiger partial charge in [0.15, 0.2) is 18.2 Å². The molecule has 1 unspecified atom stereocenters. The van der Waals surface area contributed by atoms with Crippen LogP contribution >= 0.6 is 11.3 Å². The molecule has 0 radical (unpaired) electrons. The highest BCUT2D eigenvalue weighted by Gasteiger charge is 2.25. The first-order valence-electron chi connectivity index (χ1n) is 13.1. The number of anilines is 1. The molecular weight excluding hydrogens is 540 g/mol. The third-order valence-electron chi connectivity index (χ3n) is 6.58. The van der Waals surface area contributed by atoms with E-state index in [4.69, 9.17) is 14.2 Å². The molecule has 40 heavy (non-hydrogen) atoms. The van der Waals surface area contributed by atoms with Crippen LogP contribution in [0.5, 0.6) is 11.6 Å². The maximum atomic E-state index is 13.0. The van der Waals surface area contributed by atoms with Crippen molar-refractivity contribution in [1.29, 1.82) is 0 Å². The average molecular weight is 574 g/mol. The number of thiazole rings is 1. The molecule has 1 aliphatic heterocycles. The van der Waals surface area contributed by atoms with Gasteiger partial charge in [-0.15, -0.1) is 11.3 Å². The molecule has 0 N–H and O–H groups in total. The summed E-state index contributed by atoms with van der Waals surface area (Å²) < 4.78 is 41.0. The molecule has 2 aromatic heterocycles. The van der Waals surface area contributed by atoms with Gasteiger partial charge in [-0.2, -0.15) is 0 Å². The normalized spacial score (nSPS) is 15.8. The molecule has 0 bridgehead atoms. The summed E-state index contributed by atoms with van der Waals surface area (Å²) in [5.41, 5.74) is 2.53. The van der Waals surface area contributed by atoms with Crippen molar-refractivity contribution in [3.05, 3.63) is 63.7 Å². The summed E-state index contributed by atoms with van der Waals surface area (Å²) in [6, 6.07) is 11.3. The molecule has 1 aromatic carbocycles. The Balaban J connectivity index is 1.29. The van der Waals surface area contributed by atoms with Crippen molar-refractivity contribution in [2.75, 3.05) is 38.3 Å². The van der Waals surface area contributed by atoms with E-state index in [0.29, 0.717) is 28.5 Å². The maximum Gasteiger partial charge on any atom is 0.272 e. The lowest BCUT2D eigenvalue weighted by Gasteiger charge is -2.20. The highest BCUT2D eigenvalue weighted by Crippen LogP contribution is 2.29. The summed E-state index contributed by atoms with van der Waals surface area (Å²) in [6.45, 7) is 4.57. The number of rotatable bonds is 14. The Morgan fingerprint density at radius 2 is 1.98 bits per heavy atom. The number of halogens is 2. The fourth-order valence-corrected chi connectivity index (χ4v) is 5.65. The fraction of sp³-hybridized carbons (Fsp3) is 0.448. The molecule has 214 valence electrons. The molecule has 1 aliphatic rings. The van der Waals surface area contributed by atoms with Crippen molar-refractivity contribution in [3.63, 3.8) is 0 Å². The van der Waals surface area contributed by atoms with Gasteiger partial charge in [0.05, 0.1) is 23.5 Å². The summed E-state index contributed by atoms with van der Waals surface area (Å²) in [5, 5.41) is 0.631. The van der Waals surface area contributed by atoms with Crippen LogP contribution in [0.25, 0.3) is 0 Å².